The number of nitrogens with zero attached hydrogens (tertiary/aromatic N) is 2. The summed E-state index contributed by atoms with van der Waals surface area (Å²) in [5, 5.41) is 3.32. The van der Waals surface area contributed by atoms with E-state index < -0.39 is 28.8 Å². The van der Waals surface area contributed by atoms with E-state index in [1.807, 2.05) is 4.90 Å². The molecule has 4 rings (SSSR count). The van der Waals surface area contributed by atoms with Crippen molar-refractivity contribution < 1.29 is 22.9 Å². The first-order valence-electron chi connectivity index (χ1n) is 10.5. The lowest BCUT2D eigenvalue weighted by Gasteiger charge is -2.29. The van der Waals surface area contributed by atoms with Crippen molar-refractivity contribution in [2.45, 2.75) is 6.10 Å². The Morgan fingerprint density at radius 1 is 1.21 bits per heavy atom. The Hall–Kier alpha value is -2.91. The monoisotopic (exact) mass is 491 g/mol. The fourth-order valence-electron chi connectivity index (χ4n) is 3.66. The smallest absolute Gasteiger partial charge is 0.414 e. The molecule has 2 fully saturated rings. The largest absolute Gasteiger partial charge is 0.442 e. The maximum absolute atomic E-state index is 14.7. The summed E-state index contributed by atoms with van der Waals surface area (Å²) in [4.78, 5) is 27.6. The molecule has 33 heavy (non-hydrogen) atoms. The van der Waals surface area contributed by atoms with Gasteiger partial charge in [0, 0.05) is 46.5 Å². The van der Waals surface area contributed by atoms with Crippen LogP contribution in [-0.4, -0.2) is 60.0 Å². The number of rotatable bonds is 6. The summed E-state index contributed by atoms with van der Waals surface area (Å²) in [5.41, 5.74) is 1.65. The van der Waals surface area contributed by atoms with Gasteiger partial charge in [-0.1, -0.05) is 23.7 Å². The summed E-state index contributed by atoms with van der Waals surface area (Å²) in [5.74, 6) is 0.263. The zero-order chi connectivity index (χ0) is 23.4. The van der Waals surface area contributed by atoms with Crippen molar-refractivity contribution in [1.82, 2.24) is 5.32 Å². The van der Waals surface area contributed by atoms with Crippen LogP contribution in [-0.2, 0) is 20.3 Å². The normalized spacial score (nSPS) is 19.2. The standard InChI is InChI=1S/C23H23ClFN3O4S/c24-17-4-1-16(2-5-17)3-8-22(29)26-14-19-15-28(23(30)32-19)18-6-7-21(20(25)13-18)27-9-11-33(31)12-10-27/h1-8,13,19H,9-12,14-15H2,(H,26,29)/b8-3+/t19-/m0/s1. The predicted molar refractivity (Wildman–Crippen MR) is 128 cm³/mol. The second kappa shape index (κ2) is 10.4. The Morgan fingerprint density at radius 3 is 2.64 bits per heavy atom. The number of carbonyl (C=O) groups is 2. The third-order valence-corrected chi connectivity index (χ3v) is 6.96. The molecular formula is C23H23ClFN3O4S. The number of nitrogens with one attached hydrogen (secondary N) is 1. The summed E-state index contributed by atoms with van der Waals surface area (Å²) >= 11 is 5.84. The first-order chi connectivity index (χ1) is 15.9. The highest BCUT2D eigenvalue weighted by atomic mass is 35.5. The van der Waals surface area contributed by atoms with Crippen molar-refractivity contribution in [3.05, 3.63) is 64.9 Å². The average molecular weight is 492 g/mol. The zero-order valence-electron chi connectivity index (χ0n) is 17.7. The molecule has 2 aromatic rings. The van der Waals surface area contributed by atoms with Gasteiger partial charge in [-0.2, -0.15) is 0 Å². The maximum Gasteiger partial charge on any atom is 0.414 e. The lowest BCUT2D eigenvalue weighted by Crippen LogP contribution is -2.38. The number of amides is 2. The van der Waals surface area contributed by atoms with Gasteiger partial charge in [-0.05, 0) is 42.0 Å². The number of halogens is 2. The Balaban J connectivity index is 1.31. The summed E-state index contributed by atoms with van der Waals surface area (Å²) in [7, 11) is -0.847. The third kappa shape index (κ3) is 5.91. The number of anilines is 2. The van der Waals surface area contributed by atoms with Gasteiger partial charge in [-0.25, -0.2) is 9.18 Å². The van der Waals surface area contributed by atoms with E-state index >= 15 is 0 Å². The van der Waals surface area contributed by atoms with Crippen molar-refractivity contribution in [2.24, 2.45) is 0 Å². The highest BCUT2D eigenvalue weighted by Crippen LogP contribution is 2.28. The summed E-state index contributed by atoms with van der Waals surface area (Å²) in [6, 6.07) is 11.6. The SMILES string of the molecule is O=C(/C=C/c1ccc(Cl)cc1)NC[C@H]1CN(c2ccc(N3CCS(=O)CC3)c(F)c2)C(=O)O1. The molecule has 174 valence electrons. The molecule has 7 nitrogen and oxygen atoms in total. The third-order valence-electron chi connectivity index (χ3n) is 5.44. The number of hydrogen-bond acceptors (Lipinski definition) is 5. The molecule has 0 radical (unpaired) electrons. The molecule has 0 aromatic heterocycles. The van der Waals surface area contributed by atoms with Crippen molar-refractivity contribution in [2.75, 3.05) is 47.5 Å². The van der Waals surface area contributed by atoms with Gasteiger partial charge in [-0.3, -0.25) is 13.9 Å². The van der Waals surface area contributed by atoms with Crippen molar-refractivity contribution in [3.8, 4) is 0 Å². The summed E-state index contributed by atoms with van der Waals surface area (Å²) < 4.78 is 31.6. The second-order valence-electron chi connectivity index (χ2n) is 7.72. The Bertz CT molecular complexity index is 1090. The summed E-state index contributed by atoms with van der Waals surface area (Å²) in [6.07, 6.45) is 1.90. The second-order valence-corrected chi connectivity index (χ2v) is 9.85. The fraction of sp³-hybridized carbons (Fsp3) is 0.304. The highest BCUT2D eigenvalue weighted by molar-refractivity contribution is 7.85. The van der Waals surface area contributed by atoms with Gasteiger partial charge in [0.05, 0.1) is 24.5 Å². The first-order valence-corrected chi connectivity index (χ1v) is 12.3. The summed E-state index contributed by atoms with van der Waals surface area (Å²) in [6.45, 7) is 1.39. The van der Waals surface area contributed by atoms with E-state index in [0.29, 0.717) is 41.0 Å². The van der Waals surface area contributed by atoms with E-state index in [4.69, 9.17) is 16.3 Å². The number of cyclic esters (lactones) is 1. The van der Waals surface area contributed by atoms with Crippen LogP contribution in [0.1, 0.15) is 5.56 Å². The van der Waals surface area contributed by atoms with E-state index in [1.54, 1.807) is 42.5 Å². The molecule has 2 aliphatic heterocycles. The van der Waals surface area contributed by atoms with Crippen LogP contribution >= 0.6 is 11.6 Å². The molecule has 2 aromatic carbocycles. The quantitative estimate of drug-likeness (QED) is 0.628. The van der Waals surface area contributed by atoms with Gasteiger partial charge >= 0.3 is 6.09 Å². The van der Waals surface area contributed by atoms with E-state index in [0.717, 1.165) is 5.56 Å². The molecule has 0 bridgehead atoms. The lowest BCUT2D eigenvalue weighted by molar-refractivity contribution is -0.116. The van der Waals surface area contributed by atoms with Crippen molar-refractivity contribution >= 4 is 51.9 Å². The molecule has 0 saturated carbocycles. The van der Waals surface area contributed by atoms with Crippen LogP contribution in [0.3, 0.4) is 0 Å². The van der Waals surface area contributed by atoms with Gasteiger partial charge in [0.15, 0.2) is 0 Å². The number of hydrogen-bond donors (Lipinski definition) is 1. The molecule has 2 saturated heterocycles. The van der Waals surface area contributed by atoms with Gasteiger partial charge in [-0.15, -0.1) is 0 Å². The average Bonchev–Trinajstić information content (AvgIpc) is 3.18. The van der Waals surface area contributed by atoms with E-state index in [1.165, 1.54) is 17.0 Å². The van der Waals surface area contributed by atoms with Crippen LogP contribution in [0.5, 0.6) is 0 Å². The van der Waals surface area contributed by atoms with Crippen LogP contribution < -0.4 is 15.1 Å². The zero-order valence-corrected chi connectivity index (χ0v) is 19.3. The molecule has 2 heterocycles. The minimum Gasteiger partial charge on any atom is -0.442 e. The first kappa shape index (κ1) is 23.3. The predicted octanol–water partition coefficient (Wildman–Crippen LogP) is 3.20. The van der Waals surface area contributed by atoms with Crippen LogP contribution in [0.2, 0.25) is 5.02 Å². The number of ether oxygens (including phenoxy) is 1. The number of carbonyl (C=O) groups excluding carboxylic acids is 2. The highest BCUT2D eigenvalue weighted by Gasteiger charge is 2.33. The minimum absolute atomic E-state index is 0.136. The Morgan fingerprint density at radius 2 is 1.94 bits per heavy atom. The fourth-order valence-corrected chi connectivity index (χ4v) is 4.83. The van der Waals surface area contributed by atoms with Crippen LogP contribution in [0.15, 0.2) is 48.5 Å². The molecule has 10 heteroatoms. The molecule has 1 N–H and O–H groups in total. The van der Waals surface area contributed by atoms with Gasteiger partial charge in [0.2, 0.25) is 5.91 Å². The molecular weight excluding hydrogens is 469 g/mol. The molecule has 1 atom stereocenters. The maximum atomic E-state index is 14.7. The van der Waals surface area contributed by atoms with Gasteiger partial charge in [0.25, 0.3) is 0 Å². The molecule has 0 spiro atoms. The topological polar surface area (TPSA) is 79.0 Å². The Labute approximate surface area is 198 Å². The minimum atomic E-state index is -0.847. The number of benzene rings is 2. The van der Waals surface area contributed by atoms with E-state index in [-0.39, 0.29) is 19.0 Å². The Kier molecular flexibility index (Phi) is 7.29. The molecule has 0 aliphatic carbocycles. The lowest BCUT2D eigenvalue weighted by atomic mass is 10.2. The van der Waals surface area contributed by atoms with Crippen LogP contribution in [0, 0.1) is 5.82 Å². The van der Waals surface area contributed by atoms with Crippen molar-refractivity contribution in [1.29, 1.82) is 0 Å². The van der Waals surface area contributed by atoms with E-state index in [9.17, 15) is 18.2 Å². The van der Waals surface area contributed by atoms with Crippen molar-refractivity contribution in [3.63, 3.8) is 0 Å². The van der Waals surface area contributed by atoms with E-state index in [2.05, 4.69) is 5.32 Å². The van der Waals surface area contributed by atoms with Gasteiger partial charge < -0.3 is 15.0 Å². The van der Waals surface area contributed by atoms with Gasteiger partial charge in [0.1, 0.15) is 11.9 Å². The van der Waals surface area contributed by atoms with Crippen LogP contribution in [0.25, 0.3) is 6.08 Å². The molecule has 2 amide bonds. The molecule has 2 aliphatic rings. The van der Waals surface area contributed by atoms with Crippen LogP contribution in [0.4, 0.5) is 20.6 Å². The molecule has 0 unspecified atom stereocenters.